The molecular formula is C15H11ClN2O3S. The topological polar surface area (TPSA) is 87.0 Å². The second-order valence-corrected chi connectivity index (χ2v) is 6.98. The molecule has 0 radical (unpaired) electrons. The lowest BCUT2D eigenvalue weighted by atomic mass is 10.2. The zero-order chi connectivity index (χ0) is 16.3. The summed E-state index contributed by atoms with van der Waals surface area (Å²) in [6.45, 7) is 0. The molecule has 7 heteroatoms. The van der Waals surface area contributed by atoms with Crippen molar-refractivity contribution in [2.75, 3.05) is 11.6 Å². The van der Waals surface area contributed by atoms with Gasteiger partial charge in [0, 0.05) is 22.5 Å². The fourth-order valence-corrected chi connectivity index (χ4v) is 2.86. The summed E-state index contributed by atoms with van der Waals surface area (Å²) in [6, 6.07) is 12.2. The molecule has 0 bridgehead atoms. The Morgan fingerprint density at radius 3 is 2.55 bits per heavy atom. The Morgan fingerprint density at radius 1 is 1.23 bits per heavy atom. The number of hydrogen-bond donors (Lipinski definition) is 1. The van der Waals surface area contributed by atoms with Crippen LogP contribution in [0.2, 0.25) is 5.02 Å². The standard InChI is InChI=1S/C15H11ClN2O3S/c1-22(20,21)14-6-5-13(8-11(14)9-17)18-15(19)10-3-2-4-12(16)7-10/h2-8H,1H3,(H,18,19). The Labute approximate surface area is 133 Å². The molecule has 1 N–H and O–H groups in total. The first kappa shape index (κ1) is 16.0. The fraction of sp³-hybridized carbons (Fsp3) is 0.0667. The number of nitrogens with one attached hydrogen (secondary N) is 1. The molecule has 22 heavy (non-hydrogen) atoms. The fourth-order valence-electron chi connectivity index (χ4n) is 1.85. The largest absolute Gasteiger partial charge is 0.322 e. The van der Waals surface area contributed by atoms with Gasteiger partial charge >= 0.3 is 0 Å². The number of hydrogen-bond acceptors (Lipinski definition) is 4. The molecule has 112 valence electrons. The van der Waals surface area contributed by atoms with Crippen LogP contribution in [0.4, 0.5) is 5.69 Å². The van der Waals surface area contributed by atoms with Gasteiger partial charge in [-0.15, -0.1) is 0 Å². The number of anilines is 1. The number of benzene rings is 2. The normalized spacial score (nSPS) is 10.8. The zero-order valence-electron chi connectivity index (χ0n) is 11.5. The third-order valence-electron chi connectivity index (χ3n) is 2.84. The quantitative estimate of drug-likeness (QED) is 0.934. The first-order valence-electron chi connectivity index (χ1n) is 6.12. The van der Waals surface area contributed by atoms with E-state index in [2.05, 4.69) is 5.32 Å². The van der Waals surface area contributed by atoms with E-state index in [9.17, 15) is 13.2 Å². The summed E-state index contributed by atoms with van der Waals surface area (Å²) in [7, 11) is -3.50. The molecule has 0 unspecified atom stereocenters. The summed E-state index contributed by atoms with van der Waals surface area (Å²) in [5.74, 6) is -0.404. The van der Waals surface area contributed by atoms with Crippen molar-refractivity contribution >= 4 is 33.0 Å². The van der Waals surface area contributed by atoms with Gasteiger partial charge in [-0.05, 0) is 36.4 Å². The summed E-state index contributed by atoms with van der Waals surface area (Å²) in [6.07, 6.45) is 1.02. The minimum Gasteiger partial charge on any atom is -0.322 e. The van der Waals surface area contributed by atoms with Gasteiger partial charge in [-0.2, -0.15) is 5.26 Å². The molecule has 0 heterocycles. The van der Waals surface area contributed by atoms with Gasteiger partial charge in [0.1, 0.15) is 6.07 Å². The number of nitrogens with zero attached hydrogens (tertiary/aromatic N) is 1. The van der Waals surface area contributed by atoms with E-state index in [1.807, 2.05) is 6.07 Å². The molecule has 2 aromatic carbocycles. The highest BCUT2D eigenvalue weighted by atomic mass is 35.5. The molecule has 1 amide bonds. The third-order valence-corrected chi connectivity index (χ3v) is 4.23. The van der Waals surface area contributed by atoms with E-state index in [0.29, 0.717) is 16.3 Å². The minimum absolute atomic E-state index is 0.0219. The first-order chi connectivity index (χ1) is 10.3. The zero-order valence-corrected chi connectivity index (χ0v) is 13.1. The van der Waals surface area contributed by atoms with E-state index in [1.165, 1.54) is 24.3 Å². The summed E-state index contributed by atoms with van der Waals surface area (Å²) in [5.41, 5.74) is 0.665. The van der Waals surface area contributed by atoms with Crippen LogP contribution >= 0.6 is 11.6 Å². The van der Waals surface area contributed by atoms with Crippen molar-refractivity contribution in [3.63, 3.8) is 0 Å². The van der Waals surface area contributed by atoms with E-state index in [-0.39, 0.29) is 10.5 Å². The SMILES string of the molecule is CS(=O)(=O)c1ccc(NC(=O)c2cccc(Cl)c2)cc1C#N. The molecule has 0 fully saturated rings. The van der Waals surface area contributed by atoms with Crippen molar-refractivity contribution in [1.29, 1.82) is 5.26 Å². The molecule has 0 saturated heterocycles. The smallest absolute Gasteiger partial charge is 0.255 e. The highest BCUT2D eigenvalue weighted by molar-refractivity contribution is 7.90. The van der Waals surface area contributed by atoms with Crippen molar-refractivity contribution < 1.29 is 13.2 Å². The van der Waals surface area contributed by atoms with Gasteiger partial charge in [0.05, 0.1) is 10.5 Å². The number of carbonyl (C=O) groups excluding carboxylic acids is 1. The second kappa shape index (κ2) is 6.18. The van der Waals surface area contributed by atoms with Gasteiger partial charge in [0.2, 0.25) is 0 Å². The highest BCUT2D eigenvalue weighted by Crippen LogP contribution is 2.20. The van der Waals surface area contributed by atoms with Crippen LogP contribution in [0.15, 0.2) is 47.4 Å². The number of sulfone groups is 1. The third kappa shape index (κ3) is 3.64. The molecule has 0 saturated carbocycles. The monoisotopic (exact) mass is 334 g/mol. The predicted octanol–water partition coefficient (Wildman–Crippen LogP) is 2.87. The summed E-state index contributed by atoms with van der Waals surface area (Å²) in [5, 5.41) is 12.1. The van der Waals surface area contributed by atoms with Gasteiger partial charge in [-0.25, -0.2) is 8.42 Å². The lowest BCUT2D eigenvalue weighted by Gasteiger charge is -2.08. The van der Waals surface area contributed by atoms with Gasteiger partial charge in [0.15, 0.2) is 9.84 Å². The van der Waals surface area contributed by atoms with Crippen molar-refractivity contribution in [3.8, 4) is 6.07 Å². The highest BCUT2D eigenvalue weighted by Gasteiger charge is 2.15. The minimum atomic E-state index is -3.50. The van der Waals surface area contributed by atoms with Crippen LogP contribution < -0.4 is 5.32 Å². The number of carbonyl (C=O) groups is 1. The van der Waals surface area contributed by atoms with Crippen molar-refractivity contribution in [3.05, 3.63) is 58.6 Å². The first-order valence-corrected chi connectivity index (χ1v) is 8.39. The van der Waals surface area contributed by atoms with E-state index in [4.69, 9.17) is 16.9 Å². The van der Waals surface area contributed by atoms with E-state index < -0.39 is 15.7 Å². The van der Waals surface area contributed by atoms with Crippen molar-refractivity contribution in [2.45, 2.75) is 4.90 Å². The Kier molecular flexibility index (Phi) is 4.50. The number of halogens is 1. The maximum Gasteiger partial charge on any atom is 0.255 e. The van der Waals surface area contributed by atoms with Crippen molar-refractivity contribution in [2.24, 2.45) is 0 Å². The molecule has 0 aromatic heterocycles. The molecule has 0 spiro atoms. The Morgan fingerprint density at radius 2 is 1.95 bits per heavy atom. The Hall–Kier alpha value is -2.36. The number of rotatable bonds is 3. The molecular weight excluding hydrogens is 324 g/mol. The van der Waals surface area contributed by atoms with Gasteiger partial charge in [0.25, 0.3) is 5.91 Å². The average Bonchev–Trinajstić information content (AvgIpc) is 2.46. The lowest BCUT2D eigenvalue weighted by molar-refractivity contribution is 0.102. The van der Waals surface area contributed by atoms with E-state index in [1.54, 1.807) is 18.2 Å². The number of nitriles is 1. The maximum atomic E-state index is 12.1. The number of amides is 1. The van der Waals surface area contributed by atoms with Crippen LogP contribution in [-0.4, -0.2) is 20.6 Å². The summed E-state index contributed by atoms with van der Waals surface area (Å²) in [4.78, 5) is 12.0. The van der Waals surface area contributed by atoms with Crippen LogP contribution in [0.3, 0.4) is 0 Å². The maximum absolute atomic E-state index is 12.1. The van der Waals surface area contributed by atoms with Gasteiger partial charge in [-0.1, -0.05) is 17.7 Å². The molecule has 0 atom stereocenters. The van der Waals surface area contributed by atoms with E-state index >= 15 is 0 Å². The van der Waals surface area contributed by atoms with Crippen LogP contribution in [0.1, 0.15) is 15.9 Å². The summed E-state index contributed by atoms with van der Waals surface area (Å²) >= 11 is 5.82. The summed E-state index contributed by atoms with van der Waals surface area (Å²) < 4.78 is 23.1. The molecule has 0 aliphatic rings. The van der Waals surface area contributed by atoms with Crippen LogP contribution in [0.5, 0.6) is 0 Å². The predicted molar refractivity (Wildman–Crippen MR) is 83.7 cm³/mol. The van der Waals surface area contributed by atoms with Crippen LogP contribution in [-0.2, 0) is 9.84 Å². The lowest BCUT2D eigenvalue weighted by Crippen LogP contribution is -2.12. The van der Waals surface area contributed by atoms with Crippen molar-refractivity contribution in [1.82, 2.24) is 0 Å². The van der Waals surface area contributed by atoms with Gasteiger partial charge in [-0.3, -0.25) is 4.79 Å². The van der Waals surface area contributed by atoms with Crippen LogP contribution in [0.25, 0.3) is 0 Å². The molecule has 0 aliphatic carbocycles. The molecule has 2 aromatic rings. The molecule has 2 rings (SSSR count). The van der Waals surface area contributed by atoms with Crippen LogP contribution in [0, 0.1) is 11.3 Å². The van der Waals surface area contributed by atoms with Gasteiger partial charge < -0.3 is 5.32 Å². The Bertz CT molecular complexity index is 886. The molecule has 0 aliphatic heterocycles. The average molecular weight is 335 g/mol. The molecule has 5 nitrogen and oxygen atoms in total. The Balaban J connectivity index is 2.32. The van der Waals surface area contributed by atoms with E-state index in [0.717, 1.165) is 6.26 Å². The second-order valence-electron chi connectivity index (χ2n) is 4.56.